The van der Waals surface area contributed by atoms with Gasteiger partial charge in [0, 0.05) is 0 Å². The summed E-state index contributed by atoms with van der Waals surface area (Å²) >= 11 is 0. The Kier molecular flexibility index (Phi) is 6.59. The Labute approximate surface area is 192 Å². The number of rotatable bonds is 8. The summed E-state index contributed by atoms with van der Waals surface area (Å²) < 4.78 is 16.2. The molecule has 168 valence electrons. The van der Waals surface area contributed by atoms with Gasteiger partial charge in [-0.2, -0.15) is 0 Å². The van der Waals surface area contributed by atoms with E-state index < -0.39 is 11.9 Å². The third-order valence-corrected chi connectivity index (χ3v) is 5.24. The van der Waals surface area contributed by atoms with Crippen LogP contribution in [-0.4, -0.2) is 31.1 Å². The Hall–Kier alpha value is -4.26. The minimum atomic E-state index is -0.443. The number of carbonyl (C=O) groups excluding carboxylic acids is 2. The Balaban J connectivity index is 1.44. The van der Waals surface area contributed by atoms with Crippen LogP contribution in [0.3, 0.4) is 0 Å². The number of methoxy groups -OCH3 is 2. The molecule has 3 amide bonds. The van der Waals surface area contributed by atoms with Crippen molar-refractivity contribution in [2.75, 3.05) is 14.2 Å². The number of benzene rings is 3. The van der Waals surface area contributed by atoms with Crippen LogP contribution in [0.5, 0.6) is 17.2 Å². The molecule has 1 aliphatic rings. The van der Waals surface area contributed by atoms with Gasteiger partial charge in [0.05, 0.1) is 20.8 Å². The van der Waals surface area contributed by atoms with Gasteiger partial charge < -0.3 is 14.2 Å². The van der Waals surface area contributed by atoms with E-state index >= 15 is 0 Å². The van der Waals surface area contributed by atoms with E-state index in [0.717, 1.165) is 28.2 Å². The van der Waals surface area contributed by atoms with Crippen molar-refractivity contribution in [3.63, 3.8) is 0 Å². The zero-order chi connectivity index (χ0) is 23.2. The molecule has 0 aliphatic carbocycles. The summed E-state index contributed by atoms with van der Waals surface area (Å²) in [7, 11) is 3.23. The number of carbonyl (C=O) groups is 2. The smallest absolute Gasteiger partial charge is 0.329 e. The lowest BCUT2D eigenvalue weighted by Crippen LogP contribution is -2.27. The number of nitrogens with zero attached hydrogens (tertiary/aromatic N) is 1. The fourth-order valence-corrected chi connectivity index (χ4v) is 3.38. The normalized spacial score (nSPS) is 14.4. The second kappa shape index (κ2) is 9.91. The van der Waals surface area contributed by atoms with Crippen LogP contribution in [0.4, 0.5) is 4.79 Å². The van der Waals surface area contributed by atoms with E-state index in [0.29, 0.717) is 18.1 Å². The number of nitrogens with one attached hydrogen (secondary N) is 1. The zero-order valence-corrected chi connectivity index (χ0v) is 18.4. The van der Waals surface area contributed by atoms with Crippen molar-refractivity contribution in [3.8, 4) is 17.2 Å². The first-order valence-electron chi connectivity index (χ1n) is 10.4. The maximum atomic E-state index is 12.4. The van der Waals surface area contributed by atoms with Crippen molar-refractivity contribution in [3.05, 3.63) is 95.2 Å². The molecule has 7 heteroatoms. The largest absolute Gasteiger partial charge is 0.497 e. The van der Waals surface area contributed by atoms with Crippen molar-refractivity contribution in [1.82, 2.24) is 10.2 Å². The maximum absolute atomic E-state index is 12.4. The van der Waals surface area contributed by atoms with Crippen molar-refractivity contribution in [2.24, 2.45) is 0 Å². The predicted molar refractivity (Wildman–Crippen MR) is 124 cm³/mol. The predicted octanol–water partition coefficient (Wildman–Crippen LogP) is 4.38. The highest BCUT2D eigenvalue weighted by atomic mass is 16.5. The number of hydrogen-bond acceptors (Lipinski definition) is 5. The Morgan fingerprint density at radius 3 is 1.88 bits per heavy atom. The molecule has 7 nitrogen and oxygen atoms in total. The first-order valence-corrected chi connectivity index (χ1v) is 10.4. The van der Waals surface area contributed by atoms with Gasteiger partial charge in [0.25, 0.3) is 5.91 Å². The van der Waals surface area contributed by atoms with Crippen molar-refractivity contribution >= 4 is 18.0 Å². The molecule has 1 N–H and O–H groups in total. The van der Waals surface area contributed by atoms with E-state index in [-0.39, 0.29) is 6.54 Å². The molecule has 0 aromatic heterocycles. The van der Waals surface area contributed by atoms with Crippen molar-refractivity contribution in [1.29, 1.82) is 0 Å². The second-order valence-electron chi connectivity index (χ2n) is 7.43. The minimum absolute atomic E-state index is 0.274. The molecule has 4 rings (SSSR count). The summed E-state index contributed by atoms with van der Waals surface area (Å²) in [5.74, 6) is 1.81. The monoisotopic (exact) mass is 444 g/mol. The molecule has 0 radical (unpaired) electrons. The average Bonchev–Trinajstić information content (AvgIpc) is 3.11. The van der Waals surface area contributed by atoms with Crippen LogP contribution in [0.2, 0.25) is 0 Å². The highest BCUT2D eigenvalue weighted by Crippen LogP contribution is 2.23. The maximum Gasteiger partial charge on any atom is 0.329 e. The molecule has 33 heavy (non-hydrogen) atoms. The summed E-state index contributed by atoms with van der Waals surface area (Å²) in [6, 6.07) is 21.9. The van der Waals surface area contributed by atoms with E-state index in [1.54, 1.807) is 20.3 Å². The summed E-state index contributed by atoms with van der Waals surface area (Å²) in [4.78, 5) is 26.1. The molecule has 1 fully saturated rings. The van der Waals surface area contributed by atoms with Crippen LogP contribution >= 0.6 is 0 Å². The summed E-state index contributed by atoms with van der Waals surface area (Å²) in [5.41, 5.74) is 2.99. The zero-order valence-electron chi connectivity index (χ0n) is 18.4. The van der Waals surface area contributed by atoms with Gasteiger partial charge in [-0.3, -0.25) is 15.0 Å². The van der Waals surface area contributed by atoms with Gasteiger partial charge in [-0.15, -0.1) is 0 Å². The fourth-order valence-electron chi connectivity index (χ4n) is 3.38. The molecule has 3 aromatic rings. The van der Waals surface area contributed by atoms with Crippen LogP contribution in [0.25, 0.3) is 6.08 Å². The lowest BCUT2D eigenvalue weighted by Gasteiger charge is -2.16. The summed E-state index contributed by atoms with van der Waals surface area (Å²) in [5, 5.41) is 2.36. The van der Waals surface area contributed by atoms with E-state index in [1.807, 2.05) is 72.8 Å². The molecule has 1 saturated heterocycles. The SMILES string of the molecule is COc1ccc(COc2ccc(/C=C3\C(=O)NC(=O)N3Cc3ccc(OC)cc3)cc2)cc1. The molecule has 0 unspecified atom stereocenters. The van der Waals surface area contributed by atoms with Gasteiger partial charge in [-0.25, -0.2) is 4.79 Å². The lowest BCUT2D eigenvalue weighted by atomic mass is 10.1. The van der Waals surface area contributed by atoms with E-state index in [4.69, 9.17) is 14.2 Å². The average molecular weight is 444 g/mol. The topological polar surface area (TPSA) is 77.1 Å². The van der Waals surface area contributed by atoms with Gasteiger partial charge in [-0.05, 0) is 59.2 Å². The molecule has 0 atom stereocenters. The van der Waals surface area contributed by atoms with Crippen LogP contribution in [0.1, 0.15) is 16.7 Å². The Bertz CT molecular complexity index is 1150. The van der Waals surface area contributed by atoms with Gasteiger partial charge in [-0.1, -0.05) is 36.4 Å². The fraction of sp³-hybridized carbons (Fsp3) is 0.154. The first kappa shape index (κ1) is 22.0. The highest BCUT2D eigenvalue weighted by molar-refractivity contribution is 6.13. The number of hydrogen-bond donors (Lipinski definition) is 1. The van der Waals surface area contributed by atoms with Gasteiger partial charge in [0.15, 0.2) is 0 Å². The minimum Gasteiger partial charge on any atom is -0.497 e. The molecule has 0 spiro atoms. The molecule has 0 bridgehead atoms. The van der Waals surface area contributed by atoms with Crippen molar-refractivity contribution < 1.29 is 23.8 Å². The third-order valence-electron chi connectivity index (χ3n) is 5.24. The van der Waals surface area contributed by atoms with Gasteiger partial charge in [0.1, 0.15) is 29.6 Å². The molecule has 3 aromatic carbocycles. The molecule has 0 saturated carbocycles. The van der Waals surface area contributed by atoms with Crippen LogP contribution in [-0.2, 0) is 17.9 Å². The molecular formula is C26H24N2O5. The quantitative estimate of drug-likeness (QED) is 0.412. The van der Waals surface area contributed by atoms with Crippen LogP contribution < -0.4 is 19.5 Å². The Morgan fingerprint density at radius 1 is 0.758 bits per heavy atom. The molecule has 1 aliphatic heterocycles. The molecule has 1 heterocycles. The number of urea groups is 1. The number of amides is 3. The van der Waals surface area contributed by atoms with E-state index in [2.05, 4.69) is 5.32 Å². The lowest BCUT2D eigenvalue weighted by molar-refractivity contribution is -0.116. The standard InChI is InChI=1S/C26H24N2O5/c1-31-21-9-5-19(6-10-21)16-28-24(25(29)27-26(28)30)15-18-3-13-23(14-4-18)33-17-20-7-11-22(32-2)12-8-20/h3-15H,16-17H2,1-2H3,(H,27,29,30)/b24-15+. The third kappa shape index (κ3) is 5.33. The first-order chi connectivity index (χ1) is 16.1. The van der Waals surface area contributed by atoms with Crippen molar-refractivity contribution in [2.45, 2.75) is 13.2 Å². The number of imide groups is 1. The highest BCUT2D eigenvalue weighted by Gasteiger charge is 2.32. The molecular weight excluding hydrogens is 420 g/mol. The van der Waals surface area contributed by atoms with Gasteiger partial charge >= 0.3 is 6.03 Å². The Morgan fingerprint density at radius 2 is 1.30 bits per heavy atom. The van der Waals surface area contributed by atoms with Crippen LogP contribution in [0, 0.1) is 0 Å². The second-order valence-corrected chi connectivity index (χ2v) is 7.43. The summed E-state index contributed by atoms with van der Waals surface area (Å²) in [6.45, 7) is 0.702. The van der Waals surface area contributed by atoms with E-state index in [9.17, 15) is 9.59 Å². The summed E-state index contributed by atoms with van der Waals surface area (Å²) in [6.07, 6.45) is 1.69. The van der Waals surface area contributed by atoms with E-state index in [1.165, 1.54) is 4.90 Å². The van der Waals surface area contributed by atoms with Gasteiger partial charge in [0.2, 0.25) is 0 Å². The number of ether oxygens (including phenoxy) is 3. The van der Waals surface area contributed by atoms with Crippen LogP contribution in [0.15, 0.2) is 78.5 Å².